The number of amides is 1. The third-order valence-electron chi connectivity index (χ3n) is 2.89. The number of para-hydroxylation sites is 1. The lowest BCUT2D eigenvalue weighted by Crippen LogP contribution is -2.40. The van der Waals surface area contributed by atoms with Gasteiger partial charge in [0.15, 0.2) is 0 Å². The molecule has 0 radical (unpaired) electrons. The van der Waals surface area contributed by atoms with Gasteiger partial charge < -0.3 is 19.9 Å². The summed E-state index contributed by atoms with van der Waals surface area (Å²) in [6, 6.07) is 5.71. The summed E-state index contributed by atoms with van der Waals surface area (Å²) in [6.45, 7) is 2.50. The predicted molar refractivity (Wildman–Crippen MR) is 82.1 cm³/mol. The number of hydrogen-bond acceptors (Lipinski definition) is 4. The number of hydrogen-bond donors (Lipinski definition) is 2. The van der Waals surface area contributed by atoms with Gasteiger partial charge in [0.1, 0.15) is 18.4 Å². The highest BCUT2D eigenvalue weighted by Gasteiger charge is 2.21. The Balaban J connectivity index is 2.80. The summed E-state index contributed by atoms with van der Waals surface area (Å²) in [5, 5.41) is 11.6. The molecule has 1 unspecified atom stereocenters. The van der Waals surface area contributed by atoms with Crippen LogP contribution in [-0.2, 0) is 9.53 Å². The van der Waals surface area contributed by atoms with Gasteiger partial charge in [-0.3, -0.25) is 4.79 Å². The highest BCUT2D eigenvalue weighted by molar-refractivity contribution is 5.98. The number of methoxy groups -OCH3 is 1. The lowest BCUT2D eigenvalue weighted by atomic mass is 10.1. The van der Waals surface area contributed by atoms with Crippen molar-refractivity contribution in [3.8, 4) is 5.75 Å². The van der Waals surface area contributed by atoms with Gasteiger partial charge in [0.25, 0.3) is 5.91 Å². The molecule has 0 aliphatic heterocycles. The molecule has 2 N–H and O–H groups in total. The fourth-order valence-electron chi connectivity index (χ4n) is 1.74. The largest absolute Gasteiger partial charge is 0.490 e. The first-order chi connectivity index (χ1) is 10.6. The summed E-state index contributed by atoms with van der Waals surface area (Å²) in [5.74, 6) is -1.17. The standard InChI is InChI=1S/C16H21NO5/c1-3-4-8-13(16(19)20)17-15(18)12-7-5-6-9-14(12)22-11-10-21-2/h3-7,9,13H,8,10-11H2,1-2H3,(H,17,18)(H,19,20)/b4-3+. The molecule has 0 heterocycles. The van der Waals surface area contributed by atoms with Gasteiger partial charge in [-0.2, -0.15) is 0 Å². The first kappa shape index (κ1) is 17.7. The fourth-order valence-corrected chi connectivity index (χ4v) is 1.74. The fraction of sp³-hybridized carbons (Fsp3) is 0.375. The summed E-state index contributed by atoms with van der Waals surface area (Å²) >= 11 is 0. The number of ether oxygens (including phenoxy) is 2. The quantitative estimate of drug-likeness (QED) is 0.537. The summed E-state index contributed by atoms with van der Waals surface area (Å²) in [7, 11) is 1.56. The summed E-state index contributed by atoms with van der Waals surface area (Å²) < 4.78 is 10.4. The third kappa shape index (κ3) is 5.57. The zero-order valence-electron chi connectivity index (χ0n) is 12.7. The average Bonchev–Trinajstić information content (AvgIpc) is 2.51. The van der Waals surface area contributed by atoms with E-state index in [1.54, 1.807) is 50.5 Å². The molecule has 1 rings (SSSR count). The van der Waals surface area contributed by atoms with Crippen LogP contribution in [0.2, 0.25) is 0 Å². The molecule has 1 aromatic carbocycles. The van der Waals surface area contributed by atoms with E-state index in [-0.39, 0.29) is 6.42 Å². The van der Waals surface area contributed by atoms with Crippen molar-refractivity contribution in [2.24, 2.45) is 0 Å². The van der Waals surface area contributed by atoms with Gasteiger partial charge in [0.05, 0.1) is 12.2 Å². The van der Waals surface area contributed by atoms with Crippen LogP contribution in [0.3, 0.4) is 0 Å². The van der Waals surface area contributed by atoms with Crippen molar-refractivity contribution in [2.45, 2.75) is 19.4 Å². The maximum absolute atomic E-state index is 12.3. The molecule has 6 heteroatoms. The van der Waals surface area contributed by atoms with E-state index in [4.69, 9.17) is 14.6 Å². The van der Waals surface area contributed by atoms with Crippen molar-refractivity contribution in [2.75, 3.05) is 20.3 Å². The van der Waals surface area contributed by atoms with E-state index in [9.17, 15) is 9.59 Å². The first-order valence-electron chi connectivity index (χ1n) is 6.95. The Kier molecular flexibility index (Phi) is 7.70. The van der Waals surface area contributed by atoms with Crippen LogP contribution in [0.5, 0.6) is 5.75 Å². The number of carbonyl (C=O) groups is 2. The van der Waals surface area contributed by atoms with Gasteiger partial charge in [0.2, 0.25) is 0 Å². The van der Waals surface area contributed by atoms with Crippen molar-refractivity contribution >= 4 is 11.9 Å². The lowest BCUT2D eigenvalue weighted by Gasteiger charge is -2.15. The van der Waals surface area contributed by atoms with Gasteiger partial charge in [-0.25, -0.2) is 4.79 Å². The highest BCUT2D eigenvalue weighted by atomic mass is 16.5. The zero-order valence-corrected chi connectivity index (χ0v) is 12.7. The molecule has 0 aliphatic rings. The second-order valence-corrected chi connectivity index (χ2v) is 4.51. The number of carboxylic acid groups (broad SMARTS) is 1. The van der Waals surface area contributed by atoms with Crippen molar-refractivity contribution in [3.05, 3.63) is 42.0 Å². The van der Waals surface area contributed by atoms with E-state index in [2.05, 4.69) is 5.32 Å². The summed E-state index contributed by atoms with van der Waals surface area (Å²) in [4.78, 5) is 23.4. The number of carboxylic acids is 1. The monoisotopic (exact) mass is 307 g/mol. The van der Waals surface area contributed by atoms with E-state index in [1.807, 2.05) is 0 Å². The molecule has 0 aromatic heterocycles. The smallest absolute Gasteiger partial charge is 0.326 e. The minimum atomic E-state index is -1.08. The van der Waals surface area contributed by atoms with E-state index in [0.29, 0.717) is 24.5 Å². The van der Waals surface area contributed by atoms with Gasteiger partial charge in [-0.15, -0.1) is 0 Å². The van der Waals surface area contributed by atoms with Gasteiger partial charge in [-0.1, -0.05) is 24.3 Å². The highest BCUT2D eigenvalue weighted by Crippen LogP contribution is 2.18. The molecule has 0 saturated heterocycles. The molecule has 0 saturated carbocycles. The Labute approximate surface area is 129 Å². The van der Waals surface area contributed by atoms with Crippen LogP contribution in [0.15, 0.2) is 36.4 Å². The number of aliphatic carboxylic acids is 1. The predicted octanol–water partition coefficient (Wildman–Crippen LogP) is 1.86. The summed E-state index contributed by atoms with van der Waals surface area (Å²) in [5.41, 5.74) is 0.297. The van der Waals surface area contributed by atoms with Crippen LogP contribution in [-0.4, -0.2) is 43.3 Å². The molecule has 0 spiro atoms. The van der Waals surface area contributed by atoms with E-state index >= 15 is 0 Å². The second-order valence-electron chi connectivity index (χ2n) is 4.51. The number of rotatable bonds is 9. The minimum absolute atomic E-state index is 0.226. The van der Waals surface area contributed by atoms with Crippen molar-refractivity contribution in [1.82, 2.24) is 5.32 Å². The van der Waals surface area contributed by atoms with E-state index in [1.165, 1.54) is 0 Å². The van der Waals surface area contributed by atoms with Crippen LogP contribution in [0.4, 0.5) is 0 Å². The number of allylic oxidation sites excluding steroid dienone is 1. The summed E-state index contributed by atoms with van der Waals surface area (Å²) in [6.07, 6.45) is 3.66. The average molecular weight is 307 g/mol. The lowest BCUT2D eigenvalue weighted by molar-refractivity contribution is -0.139. The Morgan fingerprint density at radius 3 is 2.68 bits per heavy atom. The molecule has 6 nitrogen and oxygen atoms in total. The molecule has 120 valence electrons. The topological polar surface area (TPSA) is 84.9 Å². The normalized spacial score (nSPS) is 12.1. The van der Waals surface area contributed by atoms with E-state index in [0.717, 1.165) is 0 Å². The van der Waals surface area contributed by atoms with Crippen LogP contribution >= 0.6 is 0 Å². The molecule has 1 atom stereocenters. The minimum Gasteiger partial charge on any atom is -0.490 e. The molecule has 0 bridgehead atoms. The molecule has 1 amide bonds. The van der Waals surface area contributed by atoms with Crippen LogP contribution < -0.4 is 10.1 Å². The maximum atomic E-state index is 12.3. The van der Waals surface area contributed by atoms with Crippen molar-refractivity contribution in [1.29, 1.82) is 0 Å². The molecular weight excluding hydrogens is 286 g/mol. The Morgan fingerprint density at radius 1 is 1.32 bits per heavy atom. The van der Waals surface area contributed by atoms with Gasteiger partial charge in [-0.05, 0) is 25.5 Å². The Bertz CT molecular complexity index is 527. The zero-order chi connectivity index (χ0) is 16.4. The molecule has 1 aromatic rings. The second kappa shape index (κ2) is 9.57. The van der Waals surface area contributed by atoms with Crippen LogP contribution in [0.25, 0.3) is 0 Å². The number of benzene rings is 1. The molecule has 22 heavy (non-hydrogen) atoms. The molecule has 0 aliphatic carbocycles. The third-order valence-corrected chi connectivity index (χ3v) is 2.89. The SMILES string of the molecule is C/C=C/CC(NC(=O)c1ccccc1OCCOC)C(=O)O. The first-order valence-corrected chi connectivity index (χ1v) is 6.95. The van der Waals surface area contributed by atoms with Crippen LogP contribution in [0.1, 0.15) is 23.7 Å². The van der Waals surface area contributed by atoms with E-state index < -0.39 is 17.9 Å². The van der Waals surface area contributed by atoms with Crippen molar-refractivity contribution < 1.29 is 24.2 Å². The number of carbonyl (C=O) groups excluding carboxylic acids is 1. The Hall–Kier alpha value is -2.34. The van der Waals surface area contributed by atoms with Gasteiger partial charge >= 0.3 is 5.97 Å². The van der Waals surface area contributed by atoms with Crippen molar-refractivity contribution in [3.63, 3.8) is 0 Å². The Morgan fingerprint density at radius 2 is 2.05 bits per heavy atom. The van der Waals surface area contributed by atoms with Gasteiger partial charge in [0, 0.05) is 7.11 Å². The molecule has 0 fully saturated rings. The number of nitrogens with one attached hydrogen (secondary N) is 1. The van der Waals surface area contributed by atoms with Crippen LogP contribution in [0, 0.1) is 0 Å². The molecular formula is C16H21NO5. The maximum Gasteiger partial charge on any atom is 0.326 e.